The van der Waals surface area contributed by atoms with Crippen molar-refractivity contribution in [3.05, 3.63) is 52.8 Å². The van der Waals surface area contributed by atoms with Crippen molar-refractivity contribution < 1.29 is 5.11 Å². The zero-order valence-corrected chi connectivity index (χ0v) is 14.1. The highest BCUT2D eigenvalue weighted by Crippen LogP contribution is 2.23. The van der Waals surface area contributed by atoms with Crippen LogP contribution in [0.2, 0.25) is 0 Å². The molecule has 0 unspecified atom stereocenters. The van der Waals surface area contributed by atoms with Crippen LogP contribution in [0.15, 0.2) is 30.5 Å². The molecule has 2 aromatic rings. The lowest BCUT2D eigenvalue weighted by Crippen LogP contribution is -2.20. The molecule has 2 N–H and O–H groups in total. The smallest absolute Gasteiger partial charge is 0.0722 e. The fourth-order valence-corrected chi connectivity index (χ4v) is 2.57. The molecular weight excluding hydrogens is 274 g/mol. The summed E-state index contributed by atoms with van der Waals surface area (Å²) >= 11 is 0. The van der Waals surface area contributed by atoms with Crippen molar-refractivity contribution in [3.63, 3.8) is 0 Å². The Hall–Kier alpha value is -1.65. The molecule has 0 spiro atoms. The van der Waals surface area contributed by atoms with E-state index in [0.29, 0.717) is 0 Å². The number of aliphatic hydroxyl groups excluding tert-OH is 1. The first-order valence-electron chi connectivity index (χ1n) is 7.82. The Kier molecular flexibility index (Phi) is 5.37. The number of aromatic nitrogens is 2. The molecule has 0 bridgehead atoms. The summed E-state index contributed by atoms with van der Waals surface area (Å²) in [7, 11) is 1.97. The highest BCUT2D eigenvalue weighted by atomic mass is 16.3. The van der Waals surface area contributed by atoms with Crippen molar-refractivity contribution >= 4 is 0 Å². The van der Waals surface area contributed by atoms with Gasteiger partial charge in [0, 0.05) is 30.8 Å². The van der Waals surface area contributed by atoms with E-state index in [1.54, 1.807) is 0 Å². The van der Waals surface area contributed by atoms with E-state index in [1.165, 1.54) is 11.1 Å². The Morgan fingerprint density at radius 2 is 1.77 bits per heavy atom. The molecule has 1 aromatic heterocycles. The van der Waals surface area contributed by atoms with E-state index in [0.717, 1.165) is 30.8 Å². The monoisotopic (exact) mass is 301 g/mol. The molecule has 2 rings (SSSR count). The average Bonchev–Trinajstić information content (AvgIpc) is 2.85. The van der Waals surface area contributed by atoms with Crippen molar-refractivity contribution in [1.82, 2.24) is 15.1 Å². The van der Waals surface area contributed by atoms with Crippen LogP contribution in [-0.4, -0.2) is 21.4 Å². The van der Waals surface area contributed by atoms with Gasteiger partial charge in [-0.25, -0.2) is 0 Å². The Bertz CT molecular complexity index is 594. The molecule has 0 saturated carbocycles. The average molecular weight is 301 g/mol. The van der Waals surface area contributed by atoms with E-state index in [2.05, 4.69) is 49.5 Å². The highest BCUT2D eigenvalue weighted by molar-refractivity contribution is 5.24. The van der Waals surface area contributed by atoms with Crippen molar-refractivity contribution in [3.8, 4) is 0 Å². The summed E-state index contributed by atoms with van der Waals surface area (Å²) in [4.78, 5) is 0. The van der Waals surface area contributed by atoms with Gasteiger partial charge in [-0.3, -0.25) is 4.68 Å². The Morgan fingerprint density at radius 3 is 2.36 bits per heavy atom. The van der Waals surface area contributed by atoms with Gasteiger partial charge in [0.05, 0.1) is 12.3 Å². The fraction of sp³-hybridized carbons (Fsp3) is 0.500. The summed E-state index contributed by atoms with van der Waals surface area (Å²) in [6.45, 7) is 8.46. The second-order valence-electron chi connectivity index (χ2n) is 6.83. The minimum atomic E-state index is 0.0679. The van der Waals surface area contributed by atoms with Crippen LogP contribution in [0.3, 0.4) is 0 Å². The molecule has 0 atom stereocenters. The number of hydrogen-bond acceptors (Lipinski definition) is 3. The number of aliphatic hydroxyl groups is 1. The van der Waals surface area contributed by atoms with E-state index in [4.69, 9.17) is 5.11 Å². The van der Waals surface area contributed by atoms with Gasteiger partial charge in [-0.15, -0.1) is 0 Å². The molecule has 0 radical (unpaired) electrons. The number of rotatable bonds is 6. The second-order valence-corrected chi connectivity index (χ2v) is 6.83. The van der Waals surface area contributed by atoms with Gasteiger partial charge in [-0.05, 0) is 24.1 Å². The van der Waals surface area contributed by atoms with Gasteiger partial charge in [-0.1, -0.05) is 45.0 Å². The van der Waals surface area contributed by atoms with E-state index in [9.17, 15) is 0 Å². The summed E-state index contributed by atoms with van der Waals surface area (Å²) in [5.74, 6) is 0. The zero-order valence-electron chi connectivity index (χ0n) is 14.1. The van der Waals surface area contributed by atoms with Crippen LogP contribution in [0, 0.1) is 0 Å². The van der Waals surface area contributed by atoms with Crippen LogP contribution in [-0.2, 0) is 32.0 Å². The van der Waals surface area contributed by atoms with E-state index >= 15 is 0 Å². The number of nitrogens with one attached hydrogen (secondary N) is 1. The number of benzene rings is 1. The Labute approximate surface area is 133 Å². The molecule has 4 nitrogen and oxygen atoms in total. The lowest BCUT2D eigenvalue weighted by Gasteiger charge is -2.17. The molecule has 4 heteroatoms. The first-order valence-corrected chi connectivity index (χ1v) is 7.82. The third-order valence-corrected chi connectivity index (χ3v) is 3.73. The van der Waals surface area contributed by atoms with E-state index in [1.807, 2.05) is 23.9 Å². The largest absolute Gasteiger partial charge is 0.392 e. The molecule has 0 aliphatic carbocycles. The van der Waals surface area contributed by atoms with Crippen molar-refractivity contribution in [2.45, 2.75) is 45.8 Å². The summed E-state index contributed by atoms with van der Waals surface area (Å²) < 4.78 is 1.89. The van der Waals surface area contributed by atoms with Crippen LogP contribution in [0.4, 0.5) is 0 Å². The molecular formula is C18H27N3O. The lowest BCUT2D eigenvalue weighted by molar-refractivity contribution is 0.282. The van der Waals surface area contributed by atoms with Crippen LogP contribution >= 0.6 is 0 Å². The standard InChI is InChI=1S/C18H27N3O/c1-18(2,3)17-16(12-21(4)20-17)11-19-10-9-14-5-7-15(13-22)8-6-14/h5-8,12,19,22H,9-11,13H2,1-4H3. The van der Waals surface area contributed by atoms with Crippen LogP contribution < -0.4 is 5.32 Å². The summed E-state index contributed by atoms with van der Waals surface area (Å²) in [5, 5.41) is 17.1. The van der Waals surface area contributed by atoms with Gasteiger partial charge in [0.25, 0.3) is 0 Å². The van der Waals surface area contributed by atoms with E-state index in [-0.39, 0.29) is 12.0 Å². The molecule has 0 aliphatic heterocycles. The minimum Gasteiger partial charge on any atom is -0.392 e. The molecule has 0 saturated heterocycles. The van der Waals surface area contributed by atoms with Crippen molar-refractivity contribution in [1.29, 1.82) is 0 Å². The predicted molar refractivity (Wildman–Crippen MR) is 89.7 cm³/mol. The van der Waals surface area contributed by atoms with Crippen molar-refractivity contribution in [2.24, 2.45) is 7.05 Å². The van der Waals surface area contributed by atoms with Crippen LogP contribution in [0.25, 0.3) is 0 Å². The van der Waals surface area contributed by atoms with Gasteiger partial charge in [0.1, 0.15) is 0 Å². The minimum absolute atomic E-state index is 0.0679. The summed E-state index contributed by atoms with van der Waals surface area (Å²) in [6, 6.07) is 8.12. The molecule has 0 amide bonds. The quantitative estimate of drug-likeness (QED) is 0.806. The predicted octanol–water partition coefficient (Wildman–Crippen LogP) is 2.54. The topological polar surface area (TPSA) is 50.1 Å². The normalized spacial score (nSPS) is 11.9. The third kappa shape index (κ3) is 4.42. The summed E-state index contributed by atoms with van der Waals surface area (Å²) in [6.07, 6.45) is 3.08. The van der Waals surface area contributed by atoms with Crippen LogP contribution in [0.1, 0.15) is 43.2 Å². The molecule has 1 heterocycles. The highest BCUT2D eigenvalue weighted by Gasteiger charge is 2.21. The second kappa shape index (κ2) is 7.07. The van der Waals surface area contributed by atoms with Gasteiger partial charge < -0.3 is 10.4 Å². The Balaban J connectivity index is 1.86. The molecule has 120 valence electrons. The number of hydrogen-bond donors (Lipinski definition) is 2. The maximum absolute atomic E-state index is 9.04. The van der Waals surface area contributed by atoms with Gasteiger partial charge in [-0.2, -0.15) is 5.10 Å². The SMILES string of the molecule is Cn1cc(CNCCc2ccc(CO)cc2)c(C(C)(C)C)n1. The summed E-state index contributed by atoms with van der Waals surface area (Å²) in [5.41, 5.74) is 4.74. The molecule has 1 aromatic carbocycles. The molecule has 0 fully saturated rings. The van der Waals surface area contributed by atoms with Gasteiger partial charge in [0.15, 0.2) is 0 Å². The molecule has 22 heavy (non-hydrogen) atoms. The van der Waals surface area contributed by atoms with Crippen LogP contribution in [0.5, 0.6) is 0 Å². The third-order valence-electron chi connectivity index (χ3n) is 3.73. The fourth-order valence-electron chi connectivity index (χ4n) is 2.57. The maximum atomic E-state index is 9.04. The van der Waals surface area contributed by atoms with Gasteiger partial charge >= 0.3 is 0 Å². The lowest BCUT2D eigenvalue weighted by atomic mass is 9.89. The van der Waals surface area contributed by atoms with E-state index < -0.39 is 0 Å². The first-order chi connectivity index (χ1) is 10.4. The number of aryl methyl sites for hydroxylation is 1. The maximum Gasteiger partial charge on any atom is 0.0722 e. The Morgan fingerprint density at radius 1 is 1.14 bits per heavy atom. The first kappa shape index (κ1) is 16.7. The number of nitrogens with zero attached hydrogens (tertiary/aromatic N) is 2. The van der Waals surface area contributed by atoms with Gasteiger partial charge in [0.2, 0.25) is 0 Å². The van der Waals surface area contributed by atoms with Crippen molar-refractivity contribution in [2.75, 3.05) is 6.54 Å². The zero-order chi connectivity index (χ0) is 16.2. The molecule has 0 aliphatic rings.